The first-order valence-corrected chi connectivity index (χ1v) is 5.01. The van der Waals surface area contributed by atoms with Gasteiger partial charge in [-0.15, -0.1) is 11.6 Å². The lowest BCUT2D eigenvalue weighted by Crippen LogP contribution is -1.97. The fourth-order valence-corrected chi connectivity index (χ4v) is 1.36. The molecule has 0 atom stereocenters. The molecule has 0 bridgehead atoms. The van der Waals surface area contributed by atoms with E-state index in [0.29, 0.717) is 5.57 Å². The summed E-state index contributed by atoms with van der Waals surface area (Å²) in [6.07, 6.45) is 1.83. The number of allylic oxidation sites excluding steroid dienone is 1. The summed E-state index contributed by atoms with van der Waals surface area (Å²) in [4.78, 5) is 11.1. The van der Waals surface area contributed by atoms with Gasteiger partial charge in [-0.2, -0.15) is 0 Å². The summed E-state index contributed by atoms with van der Waals surface area (Å²) in [6.45, 7) is 3.56. The van der Waals surface area contributed by atoms with E-state index < -0.39 is 0 Å². The minimum atomic E-state index is 0.0283. The summed E-state index contributed by atoms with van der Waals surface area (Å²) < 4.78 is 0. The second-order valence-electron chi connectivity index (χ2n) is 3.27. The van der Waals surface area contributed by atoms with Gasteiger partial charge in [0.15, 0.2) is 5.78 Å². The Balaban J connectivity index is 2.95. The third-order valence-electron chi connectivity index (χ3n) is 2.01. The van der Waals surface area contributed by atoms with Crippen LogP contribution in [-0.2, 0) is 4.79 Å². The first-order chi connectivity index (χ1) is 6.63. The van der Waals surface area contributed by atoms with E-state index in [9.17, 15) is 4.79 Å². The van der Waals surface area contributed by atoms with Gasteiger partial charge in [0.25, 0.3) is 0 Å². The number of hydrogen-bond donors (Lipinski definition) is 0. The Kier molecular flexibility index (Phi) is 3.90. The van der Waals surface area contributed by atoms with Crippen molar-refractivity contribution in [3.63, 3.8) is 0 Å². The van der Waals surface area contributed by atoms with Crippen molar-refractivity contribution < 1.29 is 4.79 Å². The standard InChI is InChI=1S/C12H13ClO/c1-9-3-5-11(6-4-9)7-12(8-13)10(2)14/h3-7H,8H2,1-2H3/b12-7-. The van der Waals surface area contributed by atoms with E-state index in [-0.39, 0.29) is 11.7 Å². The van der Waals surface area contributed by atoms with Crippen LogP contribution in [-0.4, -0.2) is 11.7 Å². The van der Waals surface area contributed by atoms with Crippen molar-refractivity contribution in [1.82, 2.24) is 0 Å². The average Bonchev–Trinajstić information content (AvgIpc) is 2.16. The lowest BCUT2D eigenvalue weighted by molar-refractivity contribution is -0.113. The average molecular weight is 209 g/mol. The summed E-state index contributed by atoms with van der Waals surface area (Å²) in [5.74, 6) is 0.295. The van der Waals surface area contributed by atoms with Gasteiger partial charge in [-0.05, 0) is 25.5 Å². The van der Waals surface area contributed by atoms with Crippen LogP contribution in [0.2, 0.25) is 0 Å². The molecule has 1 rings (SSSR count). The van der Waals surface area contributed by atoms with E-state index in [2.05, 4.69) is 0 Å². The smallest absolute Gasteiger partial charge is 0.157 e. The van der Waals surface area contributed by atoms with Gasteiger partial charge in [0.2, 0.25) is 0 Å². The molecule has 0 spiro atoms. The molecule has 0 N–H and O–H groups in total. The van der Waals surface area contributed by atoms with Gasteiger partial charge < -0.3 is 0 Å². The maximum absolute atomic E-state index is 11.1. The number of rotatable bonds is 3. The van der Waals surface area contributed by atoms with Gasteiger partial charge in [0, 0.05) is 5.57 Å². The maximum atomic E-state index is 11.1. The largest absolute Gasteiger partial charge is 0.295 e. The predicted octanol–water partition coefficient (Wildman–Crippen LogP) is 3.21. The minimum Gasteiger partial charge on any atom is -0.295 e. The molecule has 2 heteroatoms. The fourth-order valence-electron chi connectivity index (χ4n) is 1.10. The van der Waals surface area contributed by atoms with Crippen LogP contribution in [0.5, 0.6) is 0 Å². The number of alkyl halides is 1. The van der Waals surface area contributed by atoms with Crippen molar-refractivity contribution in [2.45, 2.75) is 13.8 Å². The molecule has 0 aromatic heterocycles. The van der Waals surface area contributed by atoms with Gasteiger partial charge in [-0.1, -0.05) is 29.8 Å². The number of Topliss-reactive ketones (excluding diaryl/α,β-unsaturated/α-hetero) is 1. The molecule has 0 amide bonds. The number of ketones is 1. The Morgan fingerprint density at radius 3 is 2.36 bits per heavy atom. The van der Waals surface area contributed by atoms with Crippen LogP contribution in [0, 0.1) is 6.92 Å². The van der Waals surface area contributed by atoms with Crippen molar-refractivity contribution in [2.24, 2.45) is 0 Å². The van der Waals surface area contributed by atoms with Crippen LogP contribution in [0.25, 0.3) is 6.08 Å². The zero-order chi connectivity index (χ0) is 10.6. The molecular weight excluding hydrogens is 196 g/mol. The van der Waals surface area contributed by atoms with Crippen molar-refractivity contribution in [2.75, 3.05) is 5.88 Å². The highest BCUT2D eigenvalue weighted by molar-refractivity contribution is 6.23. The van der Waals surface area contributed by atoms with Crippen LogP contribution in [0.15, 0.2) is 29.8 Å². The second kappa shape index (κ2) is 4.97. The molecule has 14 heavy (non-hydrogen) atoms. The molecule has 74 valence electrons. The molecule has 0 unspecified atom stereocenters. The van der Waals surface area contributed by atoms with Crippen molar-refractivity contribution in [3.05, 3.63) is 41.0 Å². The summed E-state index contributed by atoms with van der Waals surface area (Å²) in [5.41, 5.74) is 2.87. The van der Waals surface area contributed by atoms with Crippen molar-refractivity contribution in [1.29, 1.82) is 0 Å². The van der Waals surface area contributed by atoms with E-state index in [1.54, 1.807) is 0 Å². The van der Waals surface area contributed by atoms with Crippen LogP contribution in [0.4, 0.5) is 0 Å². The lowest BCUT2D eigenvalue weighted by atomic mass is 10.1. The number of aryl methyl sites for hydroxylation is 1. The van der Waals surface area contributed by atoms with E-state index in [1.807, 2.05) is 37.3 Å². The quantitative estimate of drug-likeness (QED) is 0.551. The van der Waals surface area contributed by atoms with E-state index in [1.165, 1.54) is 12.5 Å². The highest BCUT2D eigenvalue weighted by Crippen LogP contribution is 2.10. The summed E-state index contributed by atoms with van der Waals surface area (Å²) in [6, 6.07) is 7.98. The van der Waals surface area contributed by atoms with E-state index in [0.717, 1.165) is 5.56 Å². The molecule has 0 aliphatic rings. The molecule has 0 aliphatic heterocycles. The topological polar surface area (TPSA) is 17.1 Å². The third-order valence-corrected chi connectivity index (χ3v) is 2.30. The highest BCUT2D eigenvalue weighted by atomic mass is 35.5. The Labute approximate surface area is 89.4 Å². The Morgan fingerprint density at radius 2 is 1.93 bits per heavy atom. The second-order valence-corrected chi connectivity index (χ2v) is 3.54. The molecule has 0 saturated heterocycles. The van der Waals surface area contributed by atoms with E-state index in [4.69, 9.17) is 11.6 Å². The molecule has 1 aromatic carbocycles. The molecule has 0 aliphatic carbocycles. The molecule has 0 fully saturated rings. The predicted molar refractivity (Wildman–Crippen MR) is 60.6 cm³/mol. The Bertz CT molecular complexity index is 349. The molecule has 0 heterocycles. The van der Waals surface area contributed by atoms with Crippen LogP contribution < -0.4 is 0 Å². The van der Waals surface area contributed by atoms with E-state index >= 15 is 0 Å². The fraction of sp³-hybridized carbons (Fsp3) is 0.250. The van der Waals surface area contributed by atoms with Gasteiger partial charge in [0.1, 0.15) is 0 Å². The third kappa shape index (κ3) is 3.00. The van der Waals surface area contributed by atoms with Gasteiger partial charge in [-0.3, -0.25) is 4.79 Å². The number of hydrogen-bond acceptors (Lipinski definition) is 1. The zero-order valence-electron chi connectivity index (χ0n) is 8.38. The van der Waals surface area contributed by atoms with Gasteiger partial charge in [-0.25, -0.2) is 0 Å². The number of benzene rings is 1. The van der Waals surface area contributed by atoms with Crippen LogP contribution in [0.3, 0.4) is 0 Å². The highest BCUT2D eigenvalue weighted by Gasteiger charge is 2.01. The molecule has 0 saturated carbocycles. The summed E-state index contributed by atoms with van der Waals surface area (Å²) in [7, 11) is 0. The molecule has 1 aromatic rings. The molecule has 1 nitrogen and oxygen atoms in total. The van der Waals surface area contributed by atoms with Gasteiger partial charge >= 0.3 is 0 Å². The zero-order valence-corrected chi connectivity index (χ0v) is 9.14. The maximum Gasteiger partial charge on any atom is 0.157 e. The van der Waals surface area contributed by atoms with Crippen LogP contribution in [0.1, 0.15) is 18.1 Å². The minimum absolute atomic E-state index is 0.0283. The lowest BCUT2D eigenvalue weighted by Gasteiger charge is -1.99. The number of halogens is 1. The normalized spacial score (nSPS) is 11.5. The Morgan fingerprint density at radius 1 is 1.36 bits per heavy atom. The number of carbonyl (C=O) groups is 1. The van der Waals surface area contributed by atoms with Crippen molar-refractivity contribution in [3.8, 4) is 0 Å². The monoisotopic (exact) mass is 208 g/mol. The number of carbonyl (C=O) groups excluding carboxylic acids is 1. The Hall–Kier alpha value is -1.08. The van der Waals surface area contributed by atoms with Crippen LogP contribution >= 0.6 is 11.6 Å². The SMILES string of the molecule is CC(=O)/C(=C\c1ccc(C)cc1)CCl. The molecule has 0 radical (unpaired) electrons. The summed E-state index contributed by atoms with van der Waals surface area (Å²) >= 11 is 5.65. The summed E-state index contributed by atoms with van der Waals surface area (Å²) in [5, 5.41) is 0. The first kappa shape index (κ1) is 11.0. The molecular formula is C12H13ClO. The van der Waals surface area contributed by atoms with Gasteiger partial charge in [0.05, 0.1) is 5.88 Å². The van der Waals surface area contributed by atoms with Crippen molar-refractivity contribution >= 4 is 23.5 Å². The first-order valence-electron chi connectivity index (χ1n) is 4.47.